The number of hydrogen-bond acceptors (Lipinski definition) is 8. The molecule has 13 heteroatoms. The van der Waals surface area contributed by atoms with Gasteiger partial charge in [0.2, 0.25) is 11.8 Å². The van der Waals surface area contributed by atoms with Gasteiger partial charge in [-0.3, -0.25) is 14.4 Å². The van der Waals surface area contributed by atoms with E-state index in [1.54, 1.807) is 24.3 Å². The molecule has 1 aliphatic carbocycles. The van der Waals surface area contributed by atoms with Gasteiger partial charge in [0, 0.05) is 37.8 Å². The van der Waals surface area contributed by atoms with Crippen molar-refractivity contribution in [1.82, 2.24) is 10.2 Å². The smallest absolute Gasteiger partial charge is 0.247 e. The highest BCUT2D eigenvalue weighted by molar-refractivity contribution is 14.1. The lowest BCUT2D eigenvalue weighted by atomic mass is 9.87. The van der Waals surface area contributed by atoms with Gasteiger partial charge in [0.15, 0.2) is 11.5 Å². The number of carbonyl (C=O) groups is 3. The first-order chi connectivity index (χ1) is 19.6. The van der Waals surface area contributed by atoms with Gasteiger partial charge in [-0.05, 0) is 58.5 Å². The minimum atomic E-state index is -1.27. The molecule has 0 unspecified atom stereocenters. The first kappa shape index (κ1) is 33.1. The van der Waals surface area contributed by atoms with Crippen LogP contribution < -0.4 is 14.8 Å². The van der Waals surface area contributed by atoms with E-state index in [4.69, 9.17) is 37.4 Å². The summed E-state index contributed by atoms with van der Waals surface area (Å²) in [4.78, 5) is 39.3. The maximum Gasteiger partial charge on any atom is 0.247 e. The number of halogens is 3. The minimum absolute atomic E-state index is 0.0106. The zero-order valence-corrected chi connectivity index (χ0v) is 26.1. The standard InChI is InChI=1S/C28H31Cl2IN2O8/c1-39-8-5-25(36)33(14-16-3-4-19(29)20(30)9-16)22-12-18(28(38)32-6-7-34)13-23(26(22)37)41-27-21(31)10-17(15-35)11-24(27)40-2/h3-4,9-11,13,15,22-23,26,34,37H,5-8,12,14H2,1-2H3,(H,32,38)/t22-,23+,26+/m1/s1. The van der Waals surface area contributed by atoms with E-state index in [9.17, 15) is 24.6 Å². The topological polar surface area (TPSA) is 135 Å². The maximum atomic E-state index is 13.5. The lowest BCUT2D eigenvalue weighted by Gasteiger charge is -2.40. The molecular formula is C28H31Cl2IN2O8. The molecule has 41 heavy (non-hydrogen) atoms. The molecule has 0 spiro atoms. The van der Waals surface area contributed by atoms with Crippen molar-refractivity contribution in [1.29, 1.82) is 0 Å². The Morgan fingerprint density at radius 2 is 1.95 bits per heavy atom. The number of nitrogens with one attached hydrogen (secondary N) is 1. The Morgan fingerprint density at radius 1 is 1.20 bits per heavy atom. The summed E-state index contributed by atoms with van der Waals surface area (Å²) in [6.45, 7) is -0.0259. The first-order valence-electron chi connectivity index (χ1n) is 12.6. The lowest BCUT2D eigenvalue weighted by molar-refractivity contribution is -0.140. The number of aliphatic hydroxyl groups excluding tert-OH is 2. The third-order valence-electron chi connectivity index (χ3n) is 6.43. The molecule has 0 fully saturated rings. The average Bonchev–Trinajstić information content (AvgIpc) is 2.96. The van der Waals surface area contributed by atoms with Crippen molar-refractivity contribution in [2.45, 2.75) is 37.6 Å². The molecule has 3 atom stereocenters. The third-order valence-corrected chi connectivity index (χ3v) is 7.97. The van der Waals surface area contributed by atoms with Gasteiger partial charge in [-0.25, -0.2) is 0 Å². The van der Waals surface area contributed by atoms with Crippen LogP contribution in [0.2, 0.25) is 10.0 Å². The van der Waals surface area contributed by atoms with Crippen molar-refractivity contribution in [3.05, 3.63) is 66.7 Å². The second kappa shape index (κ2) is 15.7. The predicted octanol–water partition coefficient (Wildman–Crippen LogP) is 3.40. The van der Waals surface area contributed by atoms with Crippen LogP contribution in [0.4, 0.5) is 0 Å². The number of aliphatic hydroxyl groups is 2. The third kappa shape index (κ3) is 8.55. The Morgan fingerprint density at radius 3 is 2.59 bits per heavy atom. The molecule has 3 N–H and O–H groups in total. The van der Waals surface area contributed by atoms with E-state index < -0.39 is 24.2 Å². The van der Waals surface area contributed by atoms with E-state index in [0.717, 1.165) is 0 Å². The number of ether oxygens (including phenoxy) is 3. The number of hydrogen-bond donors (Lipinski definition) is 3. The van der Waals surface area contributed by atoms with Crippen molar-refractivity contribution < 1.29 is 38.8 Å². The quantitative estimate of drug-likeness (QED) is 0.212. The normalized spacial score (nSPS) is 18.3. The molecule has 2 aromatic rings. The molecule has 0 saturated heterocycles. The summed E-state index contributed by atoms with van der Waals surface area (Å²) in [7, 11) is 2.90. The van der Waals surface area contributed by atoms with Crippen LogP contribution in [-0.4, -0.2) is 85.4 Å². The molecule has 222 valence electrons. The summed E-state index contributed by atoms with van der Waals surface area (Å²) < 4.78 is 17.3. The van der Waals surface area contributed by atoms with E-state index >= 15 is 0 Å². The van der Waals surface area contributed by atoms with Crippen molar-refractivity contribution >= 4 is 63.9 Å². The fraction of sp³-hybridized carbons (Fsp3) is 0.393. The van der Waals surface area contributed by atoms with Crippen LogP contribution in [0.1, 0.15) is 28.8 Å². The van der Waals surface area contributed by atoms with Crippen LogP contribution in [0.5, 0.6) is 11.5 Å². The van der Waals surface area contributed by atoms with E-state index in [0.29, 0.717) is 31.0 Å². The highest BCUT2D eigenvalue weighted by Crippen LogP contribution is 2.37. The minimum Gasteiger partial charge on any atom is -0.493 e. The van der Waals surface area contributed by atoms with Crippen LogP contribution >= 0.6 is 45.8 Å². The van der Waals surface area contributed by atoms with Gasteiger partial charge in [0.25, 0.3) is 0 Å². The van der Waals surface area contributed by atoms with Crippen LogP contribution in [0.25, 0.3) is 0 Å². The highest BCUT2D eigenvalue weighted by atomic mass is 127. The largest absolute Gasteiger partial charge is 0.493 e. The fourth-order valence-corrected chi connectivity index (χ4v) is 5.47. The SMILES string of the molecule is COCCC(=O)N(Cc1ccc(Cl)c(Cl)c1)[C@@H]1CC(C(=O)NCCO)=C[C@H](Oc2c(I)cc(C=O)cc2OC)[C@H]1O. The van der Waals surface area contributed by atoms with Gasteiger partial charge in [0.05, 0.1) is 46.4 Å². The average molecular weight is 721 g/mol. The van der Waals surface area contributed by atoms with Crippen molar-refractivity contribution in [3.63, 3.8) is 0 Å². The Balaban J connectivity index is 2.05. The van der Waals surface area contributed by atoms with Gasteiger partial charge >= 0.3 is 0 Å². The Kier molecular flexibility index (Phi) is 12.7. The van der Waals surface area contributed by atoms with Crippen LogP contribution in [0.3, 0.4) is 0 Å². The molecule has 0 heterocycles. The van der Waals surface area contributed by atoms with Crippen LogP contribution in [-0.2, 0) is 20.9 Å². The van der Waals surface area contributed by atoms with Crippen LogP contribution in [0, 0.1) is 3.57 Å². The number of nitrogens with zero attached hydrogens (tertiary/aromatic N) is 1. The molecule has 0 radical (unpaired) electrons. The summed E-state index contributed by atoms with van der Waals surface area (Å²) in [6.07, 6.45) is -0.147. The molecule has 2 amide bonds. The van der Waals surface area contributed by atoms with Crippen LogP contribution in [0.15, 0.2) is 42.0 Å². The van der Waals surface area contributed by atoms with Gasteiger partial charge < -0.3 is 34.6 Å². The van der Waals surface area contributed by atoms with E-state index in [1.807, 2.05) is 22.6 Å². The van der Waals surface area contributed by atoms with Gasteiger partial charge in [-0.2, -0.15) is 0 Å². The predicted molar refractivity (Wildman–Crippen MR) is 162 cm³/mol. The zero-order valence-electron chi connectivity index (χ0n) is 22.4. The maximum absolute atomic E-state index is 13.5. The Labute approximate surface area is 261 Å². The number of carbonyl (C=O) groups excluding carboxylic acids is 3. The van der Waals surface area contributed by atoms with Crippen molar-refractivity contribution in [2.24, 2.45) is 0 Å². The lowest BCUT2D eigenvalue weighted by Crippen LogP contribution is -2.55. The number of benzene rings is 2. The molecule has 0 aliphatic heterocycles. The Bertz CT molecular complexity index is 1290. The van der Waals surface area contributed by atoms with Gasteiger partial charge in [-0.15, -0.1) is 0 Å². The number of rotatable bonds is 13. The molecule has 1 aliphatic rings. The molecule has 2 aromatic carbocycles. The zero-order chi connectivity index (χ0) is 30.1. The number of methoxy groups -OCH3 is 2. The molecule has 10 nitrogen and oxygen atoms in total. The van der Waals surface area contributed by atoms with Gasteiger partial charge in [0.1, 0.15) is 18.5 Å². The summed E-state index contributed by atoms with van der Waals surface area (Å²) in [5.41, 5.74) is 1.30. The second-order valence-electron chi connectivity index (χ2n) is 9.18. The molecular weight excluding hydrogens is 690 g/mol. The van der Waals surface area contributed by atoms with Gasteiger partial charge in [-0.1, -0.05) is 29.3 Å². The Hall–Kier alpha value is -2.42. The number of amides is 2. The van der Waals surface area contributed by atoms with E-state index in [1.165, 1.54) is 31.3 Å². The summed E-state index contributed by atoms with van der Waals surface area (Å²) >= 11 is 14.3. The molecule has 0 bridgehead atoms. The fourth-order valence-electron chi connectivity index (χ4n) is 4.40. The molecule has 0 aromatic heterocycles. The van der Waals surface area contributed by atoms with E-state index in [-0.39, 0.29) is 62.1 Å². The molecule has 0 saturated carbocycles. The van der Waals surface area contributed by atoms with Crippen molar-refractivity contribution in [3.8, 4) is 11.5 Å². The monoisotopic (exact) mass is 720 g/mol. The second-order valence-corrected chi connectivity index (χ2v) is 11.2. The highest BCUT2D eigenvalue weighted by Gasteiger charge is 2.41. The van der Waals surface area contributed by atoms with E-state index in [2.05, 4.69) is 5.32 Å². The first-order valence-corrected chi connectivity index (χ1v) is 14.5. The summed E-state index contributed by atoms with van der Waals surface area (Å²) in [5.74, 6) is -0.269. The molecule has 3 rings (SSSR count). The summed E-state index contributed by atoms with van der Waals surface area (Å²) in [5, 5.41) is 24.1. The number of aldehydes is 1. The summed E-state index contributed by atoms with van der Waals surface area (Å²) in [6, 6.07) is 7.18. The van der Waals surface area contributed by atoms with Crippen molar-refractivity contribution in [2.75, 3.05) is 34.0 Å².